The Morgan fingerprint density at radius 2 is 2.10 bits per heavy atom. The number of benzene rings is 1. The van der Waals surface area contributed by atoms with Gasteiger partial charge in [-0.1, -0.05) is 11.6 Å². The molecule has 0 radical (unpaired) electrons. The second-order valence-corrected chi connectivity index (χ2v) is 5.61. The quantitative estimate of drug-likeness (QED) is 0.807. The number of ether oxygens (including phenoxy) is 1. The van der Waals surface area contributed by atoms with Crippen molar-refractivity contribution in [3.8, 4) is 0 Å². The summed E-state index contributed by atoms with van der Waals surface area (Å²) in [5, 5.41) is 3.70. The van der Waals surface area contributed by atoms with Crippen LogP contribution < -0.4 is 5.32 Å². The lowest BCUT2D eigenvalue weighted by Gasteiger charge is -2.08. The van der Waals surface area contributed by atoms with Crippen molar-refractivity contribution in [3.63, 3.8) is 0 Å². The van der Waals surface area contributed by atoms with Crippen LogP contribution in [0.2, 0.25) is 5.02 Å². The predicted molar refractivity (Wildman–Crippen MR) is 86.0 cm³/mol. The van der Waals surface area contributed by atoms with Crippen molar-refractivity contribution in [3.05, 3.63) is 52.4 Å². The molecule has 0 atom stereocenters. The molecule has 112 valence electrons. The molecule has 1 aromatic carbocycles. The minimum absolute atomic E-state index is 0.394. The van der Waals surface area contributed by atoms with E-state index in [2.05, 4.69) is 5.32 Å². The maximum absolute atomic E-state index is 11.5. The number of furan rings is 1. The largest absolute Gasteiger partial charge is 0.465 e. The molecule has 2 rings (SSSR count). The van der Waals surface area contributed by atoms with Crippen molar-refractivity contribution in [2.75, 3.05) is 18.7 Å². The van der Waals surface area contributed by atoms with Crippen molar-refractivity contribution in [1.29, 1.82) is 0 Å². The van der Waals surface area contributed by atoms with Crippen LogP contribution in [-0.2, 0) is 17.0 Å². The Bertz CT molecular complexity index is 627. The summed E-state index contributed by atoms with van der Waals surface area (Å²) in [5.41, 5.74) is 1.12. The number of carbonyl (C=O) groups is 1. The van der Waals surface area contributed by atoms with E-state index < -0.39 is 5.97 Å². The van der Waals surface area contributed by atoms with E-state index in [4.69, 9.17) is 20.8 Å². The van der Waals surface area contributed by atoms with E-state index in [0.717, 1.165) is 17.3 Å². The Morgan fingerprint density at radius 3 is 2.81 bits per heavy atom. The van der Waals surface area contributed by atoms with Gasteiger partial charge in [0.2, 0.25) is 0 Å². The third-order valence-electron chi connectivity index (χ3n) is 2.84. The molecule has 0 aliphatic carbocycles. The van der Waals surface area contributed by atoms with E-state index in [0.29, 0.717) is 22.8 Å². The zero-order valence-electron chi connectivity index (χ0n) is 11.8. The van der Waals surface area contributed by atoms with Crippen LogP contribution in [0.4, 0.5) is 5.69 Å². The highest BCUT2D eigenvalue weighted by molar-refractivity contribution is 7.97. The fourth-order valence-corrected chi connectivity index (χ4v) is 2.45. The Balaban J connectivity index is 2.06. The number of anilines is 1. The van der Waals surface area contributed by atoms with Crippen LogP contribution in [0.25, 0.3) is 0 Å². The van der Waals surface area contributed by atoms with Crippen molar-refractivity contribution >= 4 is 35.0 Å². The molecule has 4 nitrogen and oxygen atoms in total. The highest BCUT2D eigenvalue weighted by Crippen LogP contribution is 2.24. The van der Waals surface area contributed by atoms with E-state index in [1.165, 1.54) is 7.11 Å². The standard InChI is InChI=1S/C15H16ClNO3S/c1-19-15(18)10-3-6-13(16)14(7-10)17-8-11-4-5-12(20-11)9-21-2/h3-7,17H,8-9H2,1-2H3. The van der Waals surface area contributed by atoms with Crippen LogP contribution >= 0.6 is 23.4 Å². The first-order valence-electron chi connectivity index (χ1n) is 6.32. The lowest BCUT2D eigenvalue weighted by Crippen LogP contribution is -2.04. The molecule has 0 aliphatic rings. The van der Waals surface area contributed by atoms with Gasteiger partial charge in [0.05, 0.1) is 35.7 Å². The Labute approximate surface area is 132 Å². The summed E-state index contributed by atoms with van der Waals surface area (Å²) in [7, 11) is 1.35. The molecule has 0 bridgehead atoms. The minimum atomic E-state index is -0.394. The van der Waals surface area contributed by atoms with Crippen molar-refractivity contribution in [2.45, 2.75) is 12.3 Å². The third kappa shape index (κ3) is 4.19. The molecule has 0 saturated carbocycles. The first-order chi connectivity index (χ1) is 10.1. The molecule has 0 aliphatic heterocycles. The molecular formula is C15H16ClNO3S. The van der Waals surface area contributed by atoms with Crippen molar-refractivity contribution in [1.82, 2.24) is 0 Å². The van der Waals surface area contributed by atoms with Crippen LogP contribution in [-0.4, -0.2) is 19.3 Å². The van der Waals surface area contributed by atoms with E-state index in [1.807, 2.05) is 18.4 Å². The average molecular weight is 326 g/mol. The summed E-state index contributed by atoms with van der Waals surface area (Å²) in [4.78, 5) is 11.5. The molecule has 0 saturated heterocycles. The highest BCUT2D eigenvalue weighted by atomic mass is 35.5. The second kappa shape index (κ2) is 7.43. The van der Waals surface area contributed by atoms with Gasteiger partial charge in [0, 0.05) is 0 Å². The Kier molecular flexibility index (Phi) is 5.59. The first-order valence-corrected chi connectivity index (χ1v) is 8.09. The minimum Gasteiger partial charge on any atom is -0.465 e. The van der Waals surface area contributed by atoms with E-state index in [-0.39, 0.29) is 0 Å². The van der Waals surface area contributed by atoms with Gasteiger partial charge in [0.15, 0.2) is 0 Å². The number of thioether (sulfide) groups is 1. The molecule has 0 unspecified atom stereocenters. The second-order valence-electron chi connectivity index (χ2n) is 4.34. The van der Waals surface area contributed by atoms with Crippen molar-refractivity contribution < 1.29 is 13.9 Å². The number of hydrogen-bond donors (Lipinski definition) is 1. The topological polar surface area (TPSA) is 51.5 Å². The summed E-state index contributed by atoms with van der Waals surface area (Å²) in [6, 6.07) is 8.84. The van der Waals surface area contributed by atoms with Gasteiger partial charge in [0.25, 0.3) is 0 Å². The SMILES string of the molecule is COC(=O)c1ccc(Cl)c(NCc2ccc(CSC)o2)c1. The zero-order valence-corrected chi connectivity index (χ0v) is 13.4. The van der Waals surface area contributed by atoms with Crippen molar-refractivity contribution in [2.24, 2.45) is 0 Å². The van der Waals surface area contributed by atoms with Gasteiger partial charge in [0.1, 0.15) is 11.5 Å². The van der Waals surface area contributed by atoms with E-state index in [9.17, 15) is 4.79 Å². The number of methoxy groups -OCH3 is 1. The molecular weight excluding hydrogens is 310 g/mol. The third-order valence-corrected chi connectivity index (χ3v) is 3.75. The van der Waals surface area contributed by atoms with Crippen LogP contribution in [0.1, 0.15) is 21.9 Å². The first kappa shape index (κ1) is 15.8. The normalized spacial score (nSPS) is 10.4. The van der Waals surface area contributed by atoms with Crippen LogP contribution in [0, 0.1) is 0 Å². The summed E-state index contributed by atoms with van der Waals surface area (Å²) >= 11 is 7.82. The zero-order chi connectivity index (χ0) is 15.2. The lowest BCUT2D eigenvalue weighted by molar-refractivity contribution is 0.0601. The highest BCUT2D eigenvalue weighted by Gasteiger charge is 2.09. The molecule has 0 amide bonds. The van der Waals surface area contributed by atoms with E-state index in [1.54, 1.807) is 30.0 Å². The summed E-state index contributed by atoms with van der Waals surface area (Å²) in [5.74, 6) is 2.21. The monoisotopic (exact) mass is 325 g/mol. The van der Waals surface area contributed by atoms with Crippen LogP contribution in [0.3, 0.4) is 0 Å². The number of carbonyl (C=O) groups excluding carboxylic acids is 1. The Hall–Kier alpha value is -1.59. The number of hydrogen-bond acceptors (Lipinski definition) is 5. The molecule has 1 heterocycles. The molecule has 2 aromatic rings. The smallest absolute Gasteiger partial charge is 0.337 e. The molecule has 0 spiro atoms. The lowest BCUT2D eigenvalue weighted by atomic mass is 10.2. The van der Waals surface area contributed by atoms with Crippen LogP contribution in [0.5, 0.6) is 0 Å². The number of rotatable bonds is 6. The summed E-state index contributed by atoms with van der Waals surface area (Å²) < 4.78 is 10.4. The van der Waals surface area contributed by atoms with Gasteiger partial charge >= 0.3 is 5.97 Å². The van der Waals surface area contributed by atoms with Gasteiger partial charge in [-0.05, 0) is 36.6 Å². The molecule has 21 heavy (non-hydrogen) atoms. The summed E-state index contributed by atoms with van der Waals surface area (Å²) in [6.45, 7) is 0.499. The Morgan fingerprint density at radius 1 is 1.33 bits per heavy atom. The van der Waals surface area contributed by atoms with Crippen LogP contribution in [0.15, 0.2) is 34.7 Å². The summed E-state index contributed by atoms with van der Waals surface area (Å²) in [6.07, 6.45) is 2.03. The van der Waals surface area contributed by atoms with E-state index >= 15 is 0 Å². The molecule has 0 fully saturated rings. The molecule has 1 aromatic heterocycles. The fraction of sp³-hybridized carbons (Fsp3) is 0.267. The average Bonchev–Trinajstić information content (AvgIpc) is 2.93. The predicted octanol–water partition coefficient (Wildman–Crippen LogP) is 4.19. The maximum atomic E-state index is 11.5. The van der Waals surface area contributed by atoms with Gasteiger partial charge in [-0.25, -0.2) is 4.79 Å². The number of halogens is 1. The van der Waals surface area contributed by atoms with Gasteiger partial charge < -0.3 is 14.5 Å². The molecule has 6 heteroatoms. The maximum Gasteiger partial charge on any atom is 0.337 e. The van der Waals surface area contributed by atoms with Gasteiger partial charge in [-0.3, -0.25) is 0 Å². The number of nitrogens with one attached hydrogen (secondary N) is 1. The fourth-order valence-electron chi connectivity index (χ4n) is 1.83. The number of esters is 1. The van der Waals surface area contributed by atoms with Gasteiger partial charge in [-0.15, -0.1) is 0 Å². The molecule has 1 N–H and O–H groups in total. The van der Waals surface area contributed by atoms with Gasteiger partial charge in [-0.2, -0.15) is 11.8 Å².